The minimum Gasteiger partial charge on any atom is -0.341 e. The number of amides is 1. The van der Waals surface area contributed by atoms with Crippen LogP contribution in [0.2, 0.25) is 0 Å². The van der Waals surface area contributed by atoms with E-state index in [-0.39, 0.29) is 11.7 Å². The molecule has 0 radical (unpaired) electrons. The largest absolute Gasteiger partial charge is 0.341 e. The van der Waals surface area contributed by atoms with E-state index in [2.05, 4.69) is 23.3 Å². The summed E-state index contributed by atoms with van der Waals surface area (Å²) >= 11 is 0. The van der Waals surface area contributed by atoms with Gasteiger partial charge in [0.15, 0.2) is 5.78 Å². The fraction of sp³-hybridized carbons (Fsp3) is 0.600. The average Bonchev–Trinajstić information content (AvgIpc) is 2.98. The summed E-state index contributed by atoms with van der Waals surface area (Å²) in [5.41, 5.74) is 3.37. The molecular weight excluding hydrogens is 314 g/mol. The number of rotatable bonds is 4. The zero-order valence-corrected chi connectivity index (χ0v) is 15.2. The predicted octanol–water partition coefficient (Wildman–Crippen LogP) is 1.50. The van der Waals surface area contributed by atoms with E-state index < -0.39 is 0 Å². The molecule has 3 rings (SSSR count). The second-order valence-electron chi connectivity index (χ2n) is 7.19. The Bertz CT molecular complexity index is 629. The summed E-state index contributed by atoms with van der Waals surface area (Å²) in [4.78, 5) is 29.1. The van der Waals surface area contributed by atoms with Crippen LogP contribution >= 0.6 is 0 Å². The van der Waals surface area contributed by atoms with Gasteiger partial charge in [0.1, 0.15) is 0 Å². The number of hydrogen-bond donors (Lipinski definition) is 1. The van der Waals surface area contributed by atoms with Crippen molar-refractivity contribution in [1.29, 1.82) is 0 Å². The number of benzene rings is 1. The molecule has 2 aliphatic rings. The van der Waals surface area contributed by atoms with Gasteiger partial charge in [-0.2, -0.15) is 0 Å². The first-order valence-electron chi connectivity index (χ1n) is 9.45. The summed E-state index contributed by atoms with van der Waals surface area (Å²) in [5.74, 6) is 0.197. The number of fused-ring (bicyclic) bond motifs is 1. The molecule has 0 bridgehead atoms. The van der Waals surface area contributed by atoms with Crippen LogP contribution in [0.5, 0.6) is 0 Å². The van der Waals surface area contributed by atoms with Crippen LogP contribution in [0, 0.1) is 0 Å². The molecule has 136 valence electrons. The molecule has 0 atom stereocenters. The van der Waals surface area contributed by atoms with Crippen molar-refractivity contribution < 1.29 is 9.59 Å². The molecule has 25 heavy (non-hydrogen) atoms. The Morgan fingerprint density at radius 1 is 1.00 bits per heavy atom. The van der Waals surface area contributed by atoms with Crippen LogP contribution in [0.15, 0.2) is 18.2 Å². The molecule has 0 aliphatic carbocycles. The Morgan fingerprint density at radius 2 is 1.80 bits per heavy atom. The molecular formula is C20H29N3O2. The fourth-order valence-electron chi connectivity index (χ4n) is 3.67. The van der Waals surface area contributed by atoms with Crippen LogP contribution < -0.4 is 5.32 Å². The maximum absolute atomic E-state index is 12.5. The van der Waals surface area contributed by atoms with Crippen molar-refractivity contribution in [2.75, 3.05) is 46.3 Å². The first kappa shape index (κ1) is 18.1. The molecule has 2 aliphatic heterocycles. The molecule has 0 aromatic heterocycles. The molecule has 0 unspecified atom stereocenters. The van der Waals surface area contributed by atoms with Crippen molar-refractivity contribution in [1.82, 2.24) is 15.1 Å². The van der Waals surface area contributed by atoms with Crippen LogP contribution in [0.1, 0.15) is 40.7 Å². The zero-order chi connectivity index (χ0) is 17.6. The number of carbonyl (C=O) groups excluding carboxylic acids is 2. The van der Waals surface area contributed by atoms with Gasteiger partial charge in [-0.15, -0.1) is 0 Å². The van der Waals surface area contributed by atoms with Gasteiger partial charge in [-0.05, 0) is 63.1 Å². The lowest BCUT2D eigenvalue weighted by molar-refractivity contribution is -0.131. The highest BCUT2D eigenvalue weighted by Crippen LogP contribution is 2.17. The summed E-state index contributed by atoms with van der Waals surface area (Å²) in [6, 6.07) is 6.05. The summed E-state index contributed by atoms with van der Waals surface area (Å²) in [6.07, 6.45) is 3.63. The van der Waals surface area contributed by atoms with Crippen LogP contribution in [-0.2, 0) is 17.6 Å². The second-order valence-corrected chi connectivity index (χ2v) is 7.19. The van der Waals surface area contributed by atoms with Crippen molar-refractivity contribution in [2.24, 2.45) is 0 Å². The van der Waals surface area contributed by atoms with E-state index in [0.29, 0.717) is 12.8 Å². The van der Waals surface area contributed by atoms with Gasteiger partial charge in [0.25, 0.3) is 0 Å². The summed E-state index contributed by atoms with van der Waals surface area (Å²) in [7, 11) is 2.09. The van der Waals surface area contributed by atoms with Crippen molar-refractivity contribution in [3.8, 4) is 0 Å². The third-order valence-electron chi connectivity index (χ3n) is 5.31. The molecule has 0 saturated carbocycles. The van der Waals surface area contributed by atoms with E-state index in [1.807, 2.05) is 17.0 Å². The highest BCUT2D eigenvalue weighted by molar-refractivity contribution is 5.98. The van der Waals surface area contributed by atoms with Crippen molar-refractivity contribution in [3.63, 3.8) is 0 Å². The Labute approximate surface area is 150 Å². The van der Waals surface area contributed by atoms with Gasteiger partial charge in [-0.1, -0.05) is 12.1 Å². The van der Waals surface area contributed by atoms with Gasteiger partial charge >= 0.3 is 0 Å². The van der Waals surface area contributed by atoms with E-state index in [1.54, 1.807) is 0 Å². The number of ketones is 1. The minimum absolute atomic E-state index is 0.0836. The third kappa shape index (κ3) is 4.89. The molecule has 1 amide bonds. The van der Waals surface area contributed by atoms with Gasteiger partial charge in [0, 0.05) is 38.0 Å². The first-order chi connectivity index (χ1) is 12.1. The lowest BCUT2D eigenvalue weighted by atomic mass is 9.97. The lowest BCUT2D eigenvalue weighted by Crippen LogP contribution is -2.34. The van der Waals surface area contributed by atoms with Crippen molar-refractivity contribution in [2.45, 2.75) is 32.1 Å². The maximum Gasteiger partial charge on any atom is 0.223 e. The molecule has 1 fully saturated rings. The topological polar surface area (TPSA) is 52.7 Å². The second kappa shape index (κ2) is 8.59. The number of likely N-dealkylation sites (N-methyl/N-ethyl adjacent to an activating group) is 1. The van der Waals surface area contributed by atoms with Gasteiger partial charge in [-0.3, -0.25) is 9.59 Å². The monoisotopic (exact) mass is 343 g/mol. The standard InChI is InChI=1S/C20H29N3O2/c1-22-11-2-12-23(14-13-22)20(25)6-5-19(24)18-4-3-16-7-9-21-10-8-17(16)15-18/h3-4,15,21H,2,5-14H2,1H3. The lowest BCUT2D eigenvalue weighted by Gasteiger charge is -2.20. The first-order valence-corrected chi connectivity index (χ1v) is 9.45. The fourth-order valence-corrected chi connectivity index (χ4v) is 3.67. The van der Waals surface area contributed by atoms with Crippen LogP contribution in [0.4, 0.5) is 0 Å². The summed E-state index contributed by atoms with van der Waals surface area (Å²) in [5, 5.41) is 3.39. The van der Waals surface area contributed by atoms with E-state index in [4.69, 9.17) is 0 Å². The average molecular weight is 343 g/mol. The Hall–Kier alpha value is -1.72. The van der Waals surface area contributed by atoms with Gasteiger partial charge < -0.3 is 15.1 Å². The summed E-state index contributed by atoms with van der Waals surface area (Å²) in [6.45, 7) is 5.50. The number of nitrogens with zero attached hydrogens (tertiary/aromatic N) is 2. The molecule has 1 aromatic rings. The van der Waals surface area contributed by atoms with Gasteiger partial charge in [-0.25, -0.2) is 0 Å². The van der Waals surface area contributed by atoms with Gasteiger partial charge in [0.2, 0.25) is 5.91 Å². The molecule has 2 heterocycles. The molecule has 1 N–H and O–H groups in total. The number of Topliss-reactive ketones (excluding diaryl/α,β-unsaturated/α-hetero) is 1. The van der Waals surface area contributed by atoms with Crippen molar-refractivity contribution >= 4 is 11.7 Å². The highest BCUT2D eigenvalue weighted by atomic mass is 16.2. The van der Waals surface area contributed by atoms with E-state index in [0.717, 1.165) is 64.1 Å². The van der Waals surface area contributed by atoms with Crippen LogP contribution in [0.25, 0.3) is 0 Å². The normalized spacial score (nSPS) is 19.0. The quantitative estimate of drug-likeness (QED) is 0.842. The highest BCUT2D eigenvalue weighted by Gasteiger charge is 2.19. The molecule has 1 aromatic carbocycles. The molecule has 1 saturated heterocycles. The molecule has 0 spiro atoms. The smallest absolute Gasteiger partial charge is 0.223 e. The number of hydrogen-bond acceptors (Lipinski definition) is 4. The van der Waals surface area contributed by atoms with Gasteiger partial charge in [0.05, 0.1) is 0 Å². The minimum atomic E-state index is 0.0836. The number of nitrogens with one attached hydrogen (secondary N) is 1. The third-order valence-corrected chi connectivity index (χ3v) is 5.31. The maximum atomic E-state index is 12.5. The summed E-state index contributed by atoms with van der Waals surface area (Å²) < 4.78 is 0. The van der Waals surface area contributed by atoms with Crippen LogP contribution in [0.3, 0.4) is 0 Å². The van der Waals surface area contributed by atoms with E-state index in [9.17, 15) is 9.59 Å². The van der Waals surface area contributed by atoms with Crippen molar-refractivity contribution in [3.05, 3.63) is 34.9 Å². The number of carbonyl (C=O) groups is 2. The SMILES string of the molecule is CN1CCCN(C(=O)CCC(=O)c2ccc3c(c2)CCNCC3)CC1. The van der Waals surface area contributed by atoms with E-state index >= 15 is 0 Å². The van der Waals surface area contributed by atoms with Crippen LogP contribution in [-0.4, -0.2) is 67.8 Å². The molecule has 5 nitrogen and oxygen atoms in total. The molecule has 5 heteroatoms. The Kier molecular flexibility index (Phi) is 6.21. The Balaban J connectivity index is 1.55. The predicted molar refractivity (Wildman–Crippen MR) is 99.0 cm³/mol. The van der Waals surface area contributed by atoms with E-state index in [1.165, 1.54) is 11.1 Å². The zero-order valence-electron chi connectivity index (χ0n) is 15.2. The Morgan fingerprint density at radius 3 is 2.64 bits per heavy atom.